The summed E-state index contributed by atoms with van der Waals surface area (Å²) in [5, 5.41) is 3.95. The largest absolute Gasteiger partial charge is 0.307 e. The van der Waals surface area contributed by atoms with Crippen molar-refractivity contribution in [2.45, 2.75) is 70.1 Å². The molecule has 2 bridgehead atoms. The van der Waals surface area contributed by atoms with Crippen molar-refractivity contribution < 1.29 is 0 Å². The molecule has 86 valence electrons. The molecule has 2 atom stereocenters. The highest BCUT2D eigenvalue weighted by molar-refractivity contribution is 5.15. The van der Waals surface area contributed by atoms with Gasteiger partial charge in [-0.05, 0) is 52.4 Å². The molecule has 1 saturated heterocycles. The Hall–Kier alpha value is -0.0800. The average Bonchev–Trinajstić information content (AvgIpc) is 2.37. The fourth-order valence-electron chi connectivity index (χ4n) is 3.93. The fourth-order valence-corrected chi connectivity index (χ4v) is 3.93. The highest BCUT2D eigenvalue weighted by Crippen LogP contribution is 2.57. The van der Waals surface area contributed by atoms with Gasteiger partial charge in [0, 0.05) is 30.2 Å². The van der Waals surface area contributed by atoms with Crippen molar-refractivity contribution in [3.05, 3.63) is 0 Å². The minimum atomic E-state index is 0.608. The summed E-state index contributed by atoms with van der Waals surface area (Å²) >= 11 is 0. The quantitative estimate of drug-likeness (QED) is 0.763. The summed E-state index contributed by atoms with van der Waals surface area (Å²) in [5.74, 6) is 1.09. The second-order valence-corrected chi connectivity index (χ2v) is 6.37. The van der Waals surface area contributed by atoms with Crippen LogP contribution in [0.5, 0.6) is 0 Å². The molecule has 0 spiro atoms. The normalized spacial score (nSPS) is 49.2. The van der Waals surface area contributed by atoms with Gasteiger partial charge in [-0.25, -0.2) is 0 Å². The molecule has 2 heteroatoms. The lowest BCUT2D eigenvalue weighted by Gasteiger charge is -2.63. The van der Waals surface area contributed by atoms with Crippen LogP contribution in [-0.4, -0.2) is 35.1 Å². The lowest BCUT2D eigenvalue weighted by atomic mass is 9.49. The van der Waals surface area contributed by atoms with Gasteiger partial charge in [-0.15, -0.1) is 0 Å². The predicted molar refractivity (Wildman–Crippen MR) is 62.9 cm³/mol. The first-order valence-corrected chi connectivity index (χ1v) is 6.63. The molecule has 4 rings (SSSR count). The van der Waals surface area contributed by atoms with Crippen LogP contribution in [0, 0.1) is 5.92 Å². The van der Waals surface area contributed by atoms with Crippen molar-refractivity contribution in [3.8, 4) is 0 Å². The van der Waals surface area contributed by atoms with Crippen LogP contribution in [0.25, 0.3) is 0 Å². The zero-order valence-corrected chi connectivity index (χ0v) is 10.3. The summed E-state index contributed by atoms with van der Waals surface area (Å²) in [6.07, 6.45) is 5.76. The minimum absolute atomic E-state index is 0.608. The van der Waals surface area contributed by atoms with Gasteiger partial charge in [0.1, 0.15) is 0 Å². The molecule has 0 aromatic heterocycles. The molecule has 3 aliphatic carbocycles. The Balaban J connectivity index is 1.58. The number of hydrogen-bond donors (Lipinski definition) is 1. The van der Waals surface area contributed by atoms with Crippen LogP contribution in [0.4, 0.5) is 0 Å². The van der Waals surface area contributed by atoms with Crippen molar-refractivity contribution in [2.75, 3.05) is 6.54 Å². The van der Waals surface area contributed by atoms with Crippen LogP contribution in [0.2, 0.25) is 0 Å². The molecule has 0 radical (unpaired) electrons. The molecule has 0 aromatic rings. The first kappa shape index (κ1) is 10.1. The molecule has 15 heavy (non-hydrogen) atoms. The summed E-state index contributed by atoms with van der Waals surface area (Å²) in [6, 6.07) is 2.20. The van der Waals surface area contributed by atoms with E-state index in [0.29, 0.717) is 11.6 Å². The molecular weight excluding hydrogens is 184 g/mol. The SMILES string of the molecule is CC(C)N1CCC(NC23CC(C2)C3)C1C. The van der Waals surface area contributed by atoms with Crippen molar-refractivity contribution in [1.82, 2.24) is 10.2 Å². The number of nitrogens with zero attached hydrogens (tertiary/aromatic N) is 1. The molecule has 4 fully saturated rings. The molecule has 0 aromatic carbocycles. The molecule has 2 nitrogen and oxygen atoms in total. The maximum atomic E-state index is 3.95. The van der Waals surface area contributed by atoms with Gasteiger partial charge in [0.2, 0.25) is 0 Å². The van der Waals surface area contributed by atoms with E-state index < -0.39 is 0 Å². The average molecular weight is 208 g/mol. The number of nitrogens with one attached hydrogen (secondary N) is 1. The second-order valence-electron chi connectivity index (χ2n) is 6.37. The number of hydrogen-bond acceptors (Lipinski definition) is 2. The highest BCUT2D eigenvalue weighted by Gasteiger charge is 2.57. The van der Waals surface area contributed by atoms with Crippen molar-refractivity contribution in [3.63, 3.8) is 0 Å². The van der Waals surface area contributed by atoms with Crippen LogP contribution in [0.3, 0.4) is 0 Å². The molecule has 4 aliphatic rings. The Labute approximate surface area is 93.4 Å². The van der Waals surface area contributed by atoms with E-state index in [-0.39, 0.29) is 0 Å². The van der Waals surface area contributed by atoms with Crippen LogP contribution in [-0.2, 0) is 0 Å². The Morgan fingerprint density at radius 3 is 2.33 bits per heavy atom. The van der Waals surface area contributed by atoms with E-state index in [1.807, 2.05) is 0 Å². The van der Waals surface area contributed by atoms with Crippen molar-refractivity contribution in [1.29, 1.82) is 0 Å². The third-order valence-corrected chi connectivity index (χ3v) is 5.00. The van der Waals surface area contributed by atoms with E-state index in [4.69, 9.17) is 0 Å². The first-order chi connectivity index (χ1) is 7.10. The van der Waals surface area contributed by atoms with Gasteiger partial charge in [-0.1, -0.05) is 0 Å². The highest BCUT2D eigenvalue weighted by atomic mass is 15.3. The fraction of sp³-hybridized carbons (Fsp3) is 1.00. The molecular formula is C13H24N2. The molecule has 2 unspecified atom stereocenters. The van der Waals surface area contributed by atoms with Crippen molar-refractivity contribution in [2.24, 2.45) is 5.92 Å². The zero-order valence-electron chi connectivity index (χ0n) is 10.3. The van der Waals surface area contributed by atoms with Crippen LogP contribution in [0.1, 0.15) is 46.5 Å². The Morgan fingerprint density at radius 1 is 1.27 bits per heavy atom. The van der Waals surface area contributed by atoms with Crippen LogP contribution < -0.4 is 5.32 Å². The molecule has 0 amide bonds. The molecule has 1 aliphatic heterocycles. The van der Waals surface area contributed by atoms with E-state index in [2.05, 4.69) is 31.0 Å². The maximum Gasteiger partial charge on any atom is 0.0238 e. The van der Waals surface area contributed by atoms with Crippen molar-refractivity contribution >= 4 is 0 Å². The smallest absolute Gasteiger partial charge is 0.0238 e. The third-order valence-electron chi connectivity index (χ3n) is 5.00. The second kappa shape index (κ2) is 3.21. The van der Waals surface area contributed by atoms with Gasteiger partial charge in [0.25, 0.3) is 0 Å². The number of likely N-dealkylation sites (tertiary alicyclic amines) is 1. The summed E-state index contributed by atoms with van der Waals surface area (Å²) in [6.45, 7) is 8.33. The van der Waals surface area contributed by atoms with Gasteiger partial charge in [0.15, 0.2) is 0 Å². The zero-order chi connectivity index (χ0) is 10.6. The summed E-state index contributed by atoms with van der Waals surface area (Å²) in [7, 11) is 0. The standard InChI is InChI=1S/C13H24N2/c1-9(2)15-5-4-12(10(15)3)14-13-6-11(7-13)8-13/h9-12,14H,4-8H2,1-3H3. The molecule has 1 heterocycles. The van der Waals surface area contributed by atoms with E-state index >= 15 is 0 Å². The summed E-state index contributed by atoms with van der Waals surface area (Å²) < 4.78 is 0. The topological polar surface area (TPSA) is 15.3 Å². The third kappa shape index (κ3) is 1.45. The number of rotatable bonds is 3. The van der Waals surface area contributed by atoms with Gasteiger partial charge in [-0.3, -0.25) is 4.90 Å². The van der Waals surface area contributed by atoms with Crippen LogP contribution >= 0.6 is 0 Å². The Bertz CT molecular complexity index is 244. The van der Waals surface area contributed by atoms with Gasteiger partial charge >= 0.3 is 0 Å². The lowest BCUT2D eigenvalue weighted by molar-refractivity contribution is -0.0610. The Morgan fingerprint density at radius 2 is 1.93 bits per heavy atom. The summed E-state index contributed by atoms with van der Waals surface area (Å²) in [5.41, 5.74) is 0.608. The lowest BCUT2D eigenvalue weighted by Crippen LogP contribution is -2.69. The Kier molecular flexibility index (Phi) is 2.16. The van der Waals surface area contributed by atoms with Gasteiger partial charge in [-0.2, -0.15) is 0 Å². The first-order valence-electron chi connectivity index (χ1n) is 6.63. The van der Waals surface area contributed by atoms with E-state index in [1.54, 1.807) is 0 Å². The molecule has 1 N–H and O–H groups in total. The van der Waals surface area contributed by atoms with Crippen LogP contribution in [0.15, 0.2) is 0 Å². The van der Waals surface area contributed by atoms with E-state index in [9.17, 15) is 0 Å². The maximum absolute atomic E-state index is 3.95. The molecule has 3 saturated carbocycles. The predicted octanol–water partition coefficient (Wildman–Crippen LogP) is 2.00. The summed E-state index contributed by atoms with van der Waals surface area (Å²) in [4.78, 5) is 2.64. The monoisotopic (exact) mass is 208 g/mol. The van der Waals surface area contributed by atoms with E-state index in [0.717, 1.165) is 18.0 Å². The van der Waals surface area contributed by atoms with Gasteiger partial charge < -0.3 is 5.32 Å². The van der Waals surface area contributed by atoms with Gasteiger partial charge in [0.05, 0.1) is 0 Å². The van der Waals surface area contributed by atoms with E-state index in [1.165, 1.54) is 32.2 Å². The minimum Gasteiger partial charge on any atom is -0.307 e.